The van der Waals surface area contributed by atoms with Crippen molar-refractivity contribution in [2.24, 2.45) is 5.73 Å². The van der Waals surface area contributed by atoms with Crippen LogP contribution in [0.25, 0.3) is 0 Å². The molecule has 15 heavy (non-hydrogen) atoms. The number of carbonyl (C=O) groups is 1. The van der Waals surface area contributed by atoms with Gasteiger partial charge in [-0.25, -0.2) is 4.98 Å². The number of aryl methyl sites for hydroxylation is 2. The van der Waals surface area contributed by atoms with Gasteiger partial charge in [-0.1, -0.05) is 13.8 Å². The van der Waals surface area contributed by atoms with Gasteiger partial charge < -0.3 is 11.1 Å². The van der Waals surface area contributed by atoms with Gasteiger partial charge in [-0.05, 0) is 12.8 Å². The molecule has 1 amide bonds. The molecule has 3 N–H and O–H groups in total. The second-order valence-corrected chi connectivity index (χ2v) is 3.06. The Labute approximate surface area is 88.3 Å². The summed E-state index contributed by atoms with van der Waals surface area (Å²) in [6.45, 7) is 4.03. The normalized spacial score (nSPS) is 10.0. The molecule has 0 aliphatic heterocycles. The number of nitrogens with two attached hydrogens (primary N) is 1. The molecule has 0 aromatic carbocycles. The maximum absolute atomic E-state index is 10.5. The number of amides is 1. The lowest BCUT2D eigenvalue weighted by Gasteiger charge is -2.05. The van der Waals surface area contributed by atoms with Crippen molar-refractivity contribution >= 4 is 11.9 Å². The zero-order valence-corrected chi connectivity index (χ0v) is 8.95. The summed E-state index contributed by atoms with van der Waals surface area (Å²) in [6.07, 6.45) is 1.60. The van der Waals surface area contributed by atoms with Gasteiger partial charge in [0.05, 0.1) is 17.9 Å². The number of rotatable bonds is 5. The van der Waals surface area contributed by atoms with E-state index < -0.39 is 5.91 Å². The van der Waals surface area contributed by atoms with E-state index in [1.165, 1.54) is 0 Å². The average Bonchev–Trinajstić information content (AvgIpc) is 2.25. The molecule has 0 saturated carbocycles. The van der Waals surface area contributed by atoms with Crippen molar-refractivity contribution in [3.63, 3.8) is 0 Å². The van der Waals surface area contributed by atoms with E-state index >= 15 is 0 Å². The van der Waals surface area contributed by atoms with Crippen LogP contribution in [0.2, 0.25) is 0 Å². The summed E-state index contributed by atoms with van der Waals surface area (Å²) in [5.74, 6) is -0.0981. The molecule has 1 aromatic rings. The van der Waals surface area contributed by atoms with Gasteiger partial charge in [0.25, 0.3) is 0 Å². The Morgan fingerprint density at radius 1 is 1.27 bits per heavy atom. The minimum atomic E-state index is -0.448. The first-order valence-corrected chi connectivity index (χ1v) is 4.92. The first-order chi connectivity index (χ1) is 7.17. The van der Waals surface area contributed by atoms with Gasteiger partial charge in [-0.2, -0.15) is 5.10 Å². The number of anilines is 1. The summed E-state index contributed by atoms with van der Waals surface area (Å²) in [6, 6.07) is 0. The summed E-state index contributed by atoms with van der Waals surface area (Å²) >= 11 is 0. The summed E-state index contributed by atoms with van der Waals surface area (Å²) in [4.78, 5) is 14.8. The molecule has 0 aliphatic carbocycles. The van der Waals surface area contributed by atoms with Gasteiger partial charge in [0.15, 0.2) is 0 Å². The molecule has 0 atom stereocenters. The summed E-state index contributed by atoms with van der Waals surface area (Å²) in [5, 5.41) is 10.6. The van der Waals surface area contributed by atoms with Gasteiger partial charge in [-0.3, -0.25) is 4.79 Å². The first-order valence-electron chi connectivity index (χ1n) is 4.92. The Morgan fingerprint density at radius 3 is 2.47 bits per heavy atom. The number of nitrogens with one attached hydrogen (secondary N) is 1. The van der Waals surface area contributed by atoms with E-state index in [0.717, 1.165) is 24.2 Å². The highest BCUT2D eigenvalue weighted by atomic mass is 16.1. The SMILES string of the molecule is CCc1nnc(NCC(N)=O)nc1CC. The van der Waals surface area contributed by atoms with E-state index in [1.807, 2.05) is 13.8 Å². The van der Waals surface area contributed by atoms with Gasteiger partial charge >= 0.3 is 0 Å². The fourth-order valence-corrected chi connectivity index (χ4v) is 1.18. The highest BCUT2D eigenvalue weighted by Gasteiger charge is 2.05. The lowest BCUT2D eigenvalue weighted by molar-refractivity contribution is -0.116. The predicted molar refractivity (Wildman–Crippen MR) is 56.3 cm³/mol. The zero-order valence-electron chi connectivity index (χ0n) is 8.95. The number of nitrogens with zero attached hydrogens (tertiary/aromatic N) is 3. The summed E-state index contributed by atoms with van der Waals surface area (Å²) in [5.41, 5.74) is 6.78. The Balaban J connectivity index is 2.78. The Morgan fingerprint density at radius 2 is 1.93 bits per heavy atom. The predicted octanol–water partition coefficient (Wildman–Crippen LogP) is -0.106. The molecular formula is C9H15N5O. The molecule has 1 aromatic heterocycles. The van der Waals surface area contributed by atoms with Gasteiger partial charge in [0.2, 0.25) is 11.9 Å². The highest BCUT2D eigenvalue weighted by Crippen LogP contribution is 2.06. The maximum Gasteiger partial charge on any atom is 0.243 e. The second kappa shape index (κ2) is 5.23. The third kappa shape index (κ3) is 3.16. The van der Waals surface area contributed by atoms with Crippen LogP contribution in [-0.4, -0.2) is 27.6 Å². The molecular weight excluding hydrogens is 194 g/mol. The Kier molecular flexibility index (Phi) is 3.96. The van der Waals surface area contributed by atoms with Crippen molar-refractivity contribution in [1.82, 2.24) is 15.2 Å². The smallest absolute Gasteiger partial charge is 0.243 e. The van der Waals surface area contributed by atoms with Gasteiger partial charge in [-0.15, -0.1) is 5.10 Å². The third-order valence-electron chi connectivity index (χ3n) is 1.93. The van der Waals surface area contributed by atoms with Crippen LogP contribution in [0.1, 0.15) is 25.2 Å². The third-order valence-corrected chi connectivity index (χ3v) is 1.93. The number of primary amides is 1. The van der Waals surface area contributed by atoms with Gasteiger partial charge in [0.1, 0.15) is 0 Å². The highest BCUT2D eigenvalue weighted by molar-refractivity contribution is 5.78. The molecule has 0 aliphatic rings. The monoisotopic (exact) mass is 209 g/mol. The standard InChI is InChI=1S/C9H15N5O/c1-3-6-7(4-2)13-14-9(12-6)11-5-8(10)15/h3-5H2,1-2H3,(H2,10,15)(H,11,12,14). The fourth-order valence-electron chi connectivity index (χ4n) is 1.18. The molecule has 0 saturated heterocycles. The zero-order chi connectivity index (χ0) is 11.3. The van der Waals surface area contributed by atoms with Crippen molar-refractivity contribution in [3.05, 3.63) is 11.4 Å². The Bertz CT molecular complexity index is 352. The van der Waals surface area contributed by atoms with Crippen LogP contribution in [0.3, 0.4) is 0 Å². The van der Waals surface area contributed by atoms with Gasteiger partial charge in [0, 0.05) is 0 Å². The van der Waals surface area contributed by atoms with Crippen LogP contribution in [0.15, 0.2) is 0 Å². The molecule has 0 bridgehead atoms. The lowest BCUT2D eigenvalue weighted by Crippen LogP contribution is -2.23. The van der Waals surface area contributed by atoms with E-state index in [0.29, 0.717) is 5.95 Å². The largest absolute Gasteiger partial charge is 0.368 e. The van der Waals surface area contributed by atoms with Crippen LogP contribution >= 0.6 is 0 Å². The number of hydrogen-bond donors (Lipinski definition) is 2. The molecule has 6 nitrogen and oxygen atoms in total. The minimum absolute atomic E-state index is 0.0241. The molecule has 1 rings (SSSR count). The number of carbonyl (C=O) groups excluding carboxylic acids is 1. The van der Waals surface area contributed by atoms with Crippen molar-refractivity contribution in [1.29, 1.82) is 0 Å². The van der Waals surface area contributed by atoms with E-state index in [9.17, 15) is 4.79 Å². The van der Waals surface area contributed by atoms with Crippen molar-refractivity contribution in [3.8, 4) is 0 Å². The summed E-state index contributed by atoms with van der Waals surface area (Å²) < 4.78 is 0. The fraction of sp³-hybridized carbons (Fsp3) is 0.556. The van der Waals surface area contributed by atoms with Crippen molar-refractivity contribution in [2.75, 3.05) is 11.9 Å². The topological polar surface area (TPSA) is 93.8 Å². The van der Waals surface area contributed by atoms with E-state index in [-0.39, 0.29) is 6.54 Å². The summed E-state index contributed by atoms with van der Waals surface area (Å²) in [7, 11) is 0. The minimum Gasteiger partial charge on any atom is -0.368 e. The Hall–Kier alpha value is -1.72. The van der Waals surface area contributed by atoms with Crippen LogP contribution in [0.4, 0.5) is 5.95 Å². The van der Waals surface area contributed by atoms with Crippen LogP contribution in [-0.2, 0) is 17.6 Å². The molecule has 0 fully saturated rings. The molecule has 0 spiro atoms. The molecule has 82 valence electrons. The quantitative estimate of drug-likeness (QED) is 0.705. The second-order valence-electron chi connectivity index (χ2n) is 3.06. The molecule has 6 heteroatoms. The van der Waals surface area contributed by atoms with Crippen LogP contribution < -0.4 is 11.1 Å². The molecule has 1 heterocycles. The maximum atomic E-state index is 10.5. The number of hydrogen-bond acceptors (Lipinski definition) is 5. The molecule has 0 unspecified atom stereocenters. The van der Waals surface area contributed by atoms with E-state index in [4.69, 9.17) is 5.73 Å². The van der Waals surface area contributed by atoms with Crippen LogP contribution in [0, 0.1) is 0 Å². The van der Waals surface area contributed by atoms with Crippen molar-refractivity contribution in [2.45, 2.75) is 26.7 Å². The lowest BCUT2D eigenvalue weighted by atomic mass is 10.2. The first kappa shape index (κ1) is 11.4. The molecule has 0 radical (unpaired) electrons. The number of aromatic nitrogens is 3. The van der Waals surface area contributed by atoms with Crippen molar-refractivity contribution < 1.29 is 4.79 Å². The van der Waals surface area contributed by atoms with Crippen LogP contribution in [0.5, 0.6) is 0 Å². The van der Waals surface area contributed by atoms with E-state index in [1.54, 1.807) is 0 Å². The average molecular weight is 209 g/mol. The van der Waals surface area contributed by atoms with E-state index in [2.05, 4.69) is 20.5 Å².